The molecule has 0 spiro atoms. The number of hydrogen-bond acceptors (Lipinski definition) is 3. The molecule has 3 aromatic rings. The molecule has 0 radical (unpaired) electrons. The van der Waals surface area contributed by atoms with Gasteiger partial charge in [0.15, 0.2) is 0 Å². The van der Waals surface area contributed by atoms with Crippen LogP contribution in [0.2, 0.25) is 5.02 Å². The van der Waals surface area contributed by atoms with Gasteiger partial charge in [-0.3, -0.25) is 9.59 Å². The van der Waals surface area contributed by atoms with E-state index in [9.17, 15) is 9.59 Å². The number of aryl methyl sites for hydroxylation is 1. The smallest absolute Gasteiger partial charge is 0.241 e. The summed E-state index contributed by atoms with van der Waals surface area (Å²) in [4.78, 5) is 27.0. The number of nitrogens with zero attached hydrogens (tertiary/aromatic N) is 1. The summed E-state index contributed by atoms with van der Waals surface area (Å²) >= 11 is 5.93. The van der Waals surface area contributed by atoms with Gasteiger partial charge in [0.05, 0.1) is 0 Å². The van der Waals surface area contributed by atoms with Gasteiger partial charge in [-0.1, -0.05) is 66.2 Å². The zero-order valence-corrected chi connectivity index (χ0v) is 18.0. The van der Waals surface area contributed by atoms with E-state index in [1.54, 1.807) is 4.90 Å². The summed E-state index contributed by atoms with van der Waals surface area (Å²) in [7, 11) is 0. The molecule has 1 aliphatic rings. The number of halogens is 1. The topological polar surface area (TPSA) is 75.4 Å². The van der Waals surface area contributed by atoms with E-state index < -0.39 is 11.9 Å². The Balaban J connectivity index is 1.47. The Hall–Kier alpha value is -2.89. The highest BCUT2D eigenvalue weighted by molar-refractivity contribution is 6.30. The third-order valence-electron chi connectivity index (χ3n) is 5.90. The summed E-state index contributed by atoms with van der Waals surface area (Å²) in [5, 5.41) is 6.40. The summed E-state index contributed by atoms with van der Waals surface area (Å²) in [6.45, 7) is 1.11. The van der Waals surface area contributed by atoms with Gasteiger partial charge in [-0.25, -0.2) is 0 Å². The second kappa shape index (κ2) is 9.50. The minimum Gasteiger partial charge on any atom is -0.368 e. The minimum atomic E-state index is -0.669. The van der Waals surface area contributed by atoms with Crippen LogP contribution in [-0.2, 0) is 22.4 Å². The lowest BCUT2D eigenvalue weighted by Gasteiger charge is -2.40. The van der Waals surface area contributed by atoms with Crippen molar-refractivity contribution in [2.75, 3.05) is 13.1 Å². The van der Waals surface area contributed by atoms with Gasteiger partial charge in [0.25, 0.3) is 0 Å². The van der Waals surface area contributed by atoms with Crippen molar-refractivity contribution in [3.05, 3.63) is 82.9 Å². The van der Waals surface area contributed by atoms with Crippen LogP contribution in [0, 0.1) is 0 Å². The second-order valence-corrected chi connectivity index (χ2v) is 8.44. The van der Waals surface area contributed by atoms with E-state index in [0.29, 0.717) is 37.4 Å². The average Bonchev–Trinajstić information content (AvgIpc) is 2.78. The number of carbonyl (C=O) groups excluding carboxylic acids is 2. The molecule has 2 atom stereocenters. The maximum absolute atomic E-state index is 13.0. The van der Waals surface area contributed by atoms with Crippen molar-refractivity contribution < 1.29 is 9.59 Å². The van der Waals surface area contributed by atoms with Crippen LogP contribution < -0.4 is 11.1 Å². The van der Waals surface area contributed by atoms with Crippen LogP contribution in [0.5, 0.6) is 0 Å². The highest BCUT2D eigenvalue weighted by atomic mass is 35.5. The number of hydrogen-bond donors (Lipinski definition) is 2. The predicted octanol–water partition coefficient (Wildman–Crippen LogP) is 3.32. The van der Waals surface area contributed by atoms with Gasteiger partial charge in [-0.2, -0.15) is 0 Å². The number of carbonyl (C=O) groups is 2. The van der Waals surface area contributed by atoms with Gasteiger partial charge in [-0.05, 0) is 46.9 Å². The summed E-state index contributed by atoms with van der Waals surface area (Å²) in [6, 6.07) is 21.1. The number of piperazine rings is 1. The lowest BCUT2D eigenvalue weighted by molar-refractivity contribution is -0.142. The molecule has 2 amide bonds. The summed E-state index contributed by atoms with van der Waals surface area (Å²) < 4.78 is 0. The lowest BCUT2D eigenvalue weighted by atomic mass is 9.93. The first-order valence-electron chi connectivity index (χ1n) is 10.6. The maximum Gasteiger partial charge on any atom is 0.241 e. The van der Waals surface area contributed by atoms with Gasteiger partial charge in [0.1, 0.15) is 6.04 Å². The fourth-order valence-electron chi connectivity index (χ4n) is 4.32. The summed E-state index contributed by atoms with van der Waals surface area (Å²) in [5.41, 5.74) is 7.91. The van der Waals surface area contributed by atoms with Crippen molar-refractivity contribution >= 4 is 34.2 Å². The first-order chi connectivity index (χ1) is 15.0. The van der Waals surface area contributed by atoms with E-state index in [0.717, 1.165) is 16.5 Å². The van der Waals surface area contributed by atoms with Crippen LogP contribution in [0.3, 0.4) is 0 Å². The number of nitrogens with two attached hydrogens (primary N) is 1. The Morgan fingerprint density at radius 1 is 1.00 bits per heavy atom. The molecule has 3 N–H and O–H groups in total. The molecule has 0 aliphatic carbocycles. The molecule has 1 fully saturated rings. The second-order valence-electron chi connectivity index (χ2n) is 8.01. The standard InChI is InChI=1S/C25H26ClN3O2/c26-21-10-6-17(7-11-21)8-12-23(30)29-14-13-28-22(24(29)25(27)31)16-18-5-9-19-3-1-2-4-20(19)15-18/h1-7,9-11,15,22,24,28H,8,12-14,16H2,(H2,27,31)/t22-,24-/m1/s1. The van der Waals surface area contributed by atoms with Crippen LogP contribution in [0.4, 0.5) is 0 Å². The Morgan fingerprint density at radius 3 is 2.45 bits per heavy atom. The molecular weight excluding hydrogens is 410 g/mol. The molecule has 160 valence electrons. The molecule has 1 saturated heterocycles. The fourth-order valence-corrected chi connectivity index (χ4v) is 4.45. The highest BCUT2D eigenvalue weighted by Crippen LogP contribution is 2.21. The van der Waals surface area contributed by atoms with Crippen molar-refractivity contribution in [2.24, 2.45) is 5.73 Å². The first-order valence-corrected chi connectivity index (χ1v) is 10.9. The number of primary amides is 1. The van der Waals surface area contributed by atoms with Gasteiger partial charge < -0.3 is 16.0 Å². The highest BCUT2D eigenvalue weighted by Gasteiger charge is 2.37. The minimum absolute atomic E-state index is 0.0521. The third kappa shape index (κ3) is 5.06. The SMILES string of the molecule is NC(=O)[C@H]1[C@@H](Cc2ccc3ccccc3c2)NCCN1C(=O)CCc1ccc(Cl)cc1. The molecule has 3 aromatic carbocycles. The summed E-state index contributed by atoms with van der Waals surface area (Å²) in [5.74, 6) is -0.526. The molecule has 0 saturated carbocycles. The van der Waals surface area contributed by atoms with Crippen LogP contribution >= 0.6 is 11.6 Å². The van der Waals surface area contributed by atoms with Gasteiger partial charge in [0.2, 0.25) is 11.8 Å². The Bertz CT molecular complexity index is 1080. The van der Waals surface area contributed by atoms with Crippen LogP contribution in [0.1, 0.15) is 17.5 Å². The first kappa shape index (κ1) is 21.3. The van der Waals surface area contributed by atoms with E-state index in [1.807, 2.05) is 36.4 Å². The van der Waals surface area contributed by atoms with Crippen molar-refractivity contribution in [2.45, 2.75) is 31.3 Å². The van der Waals surface area contributed by atoms with E-state index in [4.69, 9.17) is 17.3 Å². The number of nitrogens with one attached hydrogen (secondary N) is 1. The zero-order chi connectivity index (χ0) is 21.8. The monoisotopic (exact) mass is 435 g/mol. The Morgan fingerprint density at radius 2 is 1.71 bits per heavy atom. The van der Waals surface area contributed by atoms with Crippen molar-refractivity contribution in [1.29, 1.82) is 0 Å². The van der Waals surface area contributed by atoms with E-state index in [1.165, 1.54) is 5.39 Å². The maximum atomic E-state index is 13.0. The molecule has 6 heteroatoms. The van der Waals surface area contributed by atoms with Gasteiger partial charge >= 0.3 is 0 Å². The van der Waals surface area contributed by atoms with Crippen LogP contribution in [-0.4, -0.2) is 41.9 Å². The van der Waals surface area contributed by atoms with Crippen molar-refractivity contribution in [3.63, 3.8) is 0 Å². The van der Waals surface area contributed by atoms with Gasteiger partial charge in [-0.15, -0.1) is 0 Å². The molecular formula is C25H26ClN3O2. The fraction of sp³-hybridized carbons (Fsp3) is 0.280. The Labute approximate surface area is 187 Å². The van der Waals surface area contributed by atoms with Crippen molar-refractivity contribution in [1.82, 2.24) is 10.2 Å². The van der Waals surface area contributed by atoms with E-state index in [2.05, 4.69) is 35.6 Å². The predicted molar refractivity (Wildman–Crippen MR) is 124 cm³/mol. The van der Waals surface area contributed by atoms with E-state index in [-0.39, 0.29) is 11.9 Å². The van der Waals surface area contributed by atoms with Crippen LogP contribution in [0.25, 0.3) is 10.8 Å². The normalized spacial score (nSPS) is 18.8. The lowest BCUT2D eigenvalue weighted by Crippen LogP contribution is -2.64. The number of benzene rings is 3. The molecule has 4 rings (SSSR count). The zero-order valence-electron chi connectivity index (χ0n) is 17.3. The average molecular weight is 436 g/mol. The quantitative estimate of drug-likeness (QED) is 0.623. The number of fused-ring (bicyclic) bond motifs is 1. The van der Waals surface area contributed by atoms with Gasteiger partial charge in [0, 0.05) is 30.6 Å². The number of amides is 2. The molecule has 0 aromatic heterocycles. The molecule has 5 nitrogen and oxygen atoms in total. The molecule has 1 aliphatic heterocycles. The molecule has 0 bridgehead atoms. The molecule has 1 heterocycles. The van der Waals surface area contributed by atoms with E-state index >= 15 is 0 Å². The Kier molecular flexibility index (Phi) is 6.54. The largest absolute Gasteiger partial charge is 0.368 e. The number of rotatable bonds is 6. The van der Waals surface area contributed by atoms with Crippen LogP contribution in [0.15, 0.2) is 66.7 Å². The third-order valence-corrected chi connectivity index (χ3v) is 6.15. The molecule has 31 heavy (non-hydrogen) atoms. The summed E-state index contributed by atoms with van der Waals surface area (Å²) in [6.07, 6.45) is 1.55. The molecule has 0 unspecified atom stereocenters. The van der Waals surface area contributed by atoms with Crippen molar-refractivity contribution in [3.8, 4) is 0 Å².